The van der Waals surface area contributed by atoms with Crippen molar-refractivity contribution in [2.75, 3.05) is 19.0 Å². The van der Waals surface area contributed by atoms with E-state index in [9.17, 15) is 9.59 Å². The van der Waals surface area contributed by atoms with Crippen molar-refractivity contribution in [1.29, 1.82) is 0 Å². The number of hydrogen-bond donors (Lipinski definition) is 2. The number of carbonyl (C=O) groups is 2. The summed E-state index contributed by atoms with van der Waals surface area (Å²) in [5.74, 6) is 0.247. The van der Waals surface area contributed by atoms with Gasteiger partial charge in [-0.25, -0.2) is 0 Å². The third-order valence-corrected chi connectivity index (χ3v) is 6.93. The molecule has 0 saturated carbocycles. The molecule has 1 aliphatic rings. The molecular weight excluding hydrogens is 424 g/mol. The molecule has 162 valence electrons. The van der Waals surface area contributed by atoms with Crippen LogP contribution in [0.25, 0.3) is 10.9 Å². The van der Waals surface area contributed by atoms with Gasteiger partial charge in [-0.3, -0.25) is 14.7 Å². The number of fused-ring (bicyclic) bond motifs is 2. The van der Waals surface area contributed by atoms with E-state index in [0.717, 1.165) is 12.0 Å². The second kappa shape index (κ2) is 8.12. The van der Waals surface area contributed by atoms with Gasteiger partial charge in [0, 0.05) is 34.6 Å². The molecule has 8 heteroatoms. The van der Waals surface area contributed by atoms with Crippen LogP contribution in [0.5, 0.6) is 5.75 Å². The number of nitrogens with zero attached hydrogens (tertiary/aromatic N) is 2. The van der Waals surface area contributed by atoms with Crippen LogP contribution in [-0.4, -0.2) is 40.6 Å². The Kier molecular flexibility index (Phi) is 5.14. The van der Waals surface area contributed by atoms with Crippen LogP contribution in [0.2, 0.25) is 0 Å². The lowest BCUT2D eigenvalue weighted by Gasteiger charge is -2.28. The first-order valence-electron chi connectivity index (χ1n) is 10.3. The Morgan fingerprint density at radius 3 is 2.88 bits per heavy atom. The van der Waals surface area contributed by atoms with Crippen LogP contribution in [0.15, 0.2) is 47.8 Å². The second-order valence-corrected chi connectivity index (χ2v) is 8.73. The number of aromatic nitrogens is 2. The summed E-state index contributed by atoms with van der Waals surface area (Å²) in [5, 5.41) is 12.7. The number of ether oxygens (including phenoxy) is 1. The molecule has 2 aromatic heterocycles. The molecule has 0 atom stereocenters. The minimum atomic E-state index is -0.349. The molecule has 2 amide bonds. The van der Waals surface area contributed by atoms with E-state index in [-0.39, 0.29) is 17.5 Å². The standard InChI is InChI=1S/C24H22N4O3S/c1-14-16(24(30)28-11-9-20-15(13-28)10-12-32-20)5-3-7-18(14)25-23(29)22-17-6-4-8-19(31-2)21(17)26-27-22/h3-8,10,12H,9,11,13H2,1-2H3,(H,25,29)(H,26,27). The van der Waals surface area contributed by atoms with Crippen LogP contribution in [0, 0.1) is 6.92 Å². The smallest absolute Gasteiger partial charge is 0.276 e. The van der Waals surface area contributed by atoms with Gasteiger partial charge in [0.25, 0.3) is 11.8 Å². The van der Waals surface area contributed by atoms with Crippen molar-refractivity contribution in [3.63, 3.8) is 0 Å². The minimum Gasteiger partial charge on any atom is -0.494 e. The fourth-order valence-corrected chi connectivity index (χ4v) is 5.03. The number of methoxy groups -OCH3 is 1. The Morgan fingerprint density at radius 2 is 2.03 bits per heavy atom. The lowest BCUT2D eigenvalue weighted by molar-refractivity contribution is 0.0735. The highest BCUT2D eigenvalue weighted by Gasteiger charge is 2.25. The summed E-state index contributed by atoms with van der Waals surface area (Å²) in [5.41, 5.74) is 4.08. The summed E-state index contributed by atoms with van der Waals surface area (Å²) in [6.07, 6.45) is 0.879. The summed E-state index contributed by atoms with van der Waals surface area (Å²) in [6, 6.07) is 12.9. The first-order chi connectivity index (χ1) is 15.6. The molecule has 0 saturated heterocycles. The molecule has 2 N–H and O–H groups in total. The Balaban J connectivity index is 1.40. The van der Waals surface area contributed by atoms with Gasteiger partial charge in [-0.2, -0.15) is 5.10 Å². The lowest BCUT2D eigenvalue weighted by atomic mass is 10.0. The molecule has 32 heavy (non-hydrogen) atoms. The molecule has 4 aromatic rings. The lowest BCUT2D eigenvalue weighted by Crippen LogP contribution is -2.35. The van der Waals surface area contributed by atoms with Crippen LogP contribution in [0.4, 0.5) is 5.69 Å². The maximum absolute atomic E-state index is 13.2. The zero-order valence-corrected chi connectivity index (χ0v) is 18.6. The summed E-state index contributed by atoms with van der Waals surface area (Å²) in [7, 11) is 1.57. The molecule has 0 fully saturated rings. The molecule has 0 bridgehead atoms. The Labute approximate surface area is 189 Å². The molecule has 1 aliphatic heterocycles. The SMILES string of the molecule is COc1cccc2c(C(=O)Nc3cccc(C(=O)N4CCc5sccc5C4)c3C)n[nH]c12. The van der Waals surface area contributed by atoms with E-state index < -0.39 is 0 Å². The fourth-order valence-electron chi connectivity index (χ4n) is 4.14. The van der Waals surface area contributed by atoms with Crippen LogP contribution in [-0.2, 0) is 13.0 Å². The van der Waals surface area contributed by atoms with Crippen molar-refractivity contribution in [3.8, 4) is 5.75 Å². The largest absolute Gasteiger partial charge is 0.494 e. The van der Waals surface area contributed by atoms with E-state index in [2.05, 4.69) is 27.0 Å². The van der Waals surface area contributed by atoms with Gasteiger partial charge in [-0.1, -0.05) is 18.2 Å². The van der Waals surface area contributed by atoms with Gasteiger partial charge < -0.3 is 15.0 Å². The van der Waals surface area contributed by atoms with Crippen LogP contribution in [0.3, 0.4) is 0 Å². The Hall–Kier alpha value is -3.65. The molecule has 0 spiro atoms. The molecule has 2 aromatic carbocycles. The maximum Gasteiger partial charge on any atom is 0.276 e. The van der Waals surface area contributed by atoms with Crippen LogP contribution in [0.1, 0.15) is 36.9 Å². The van der Waals surface area contributed by atoms with E-state index in [0.29, 0.717) is 41.0 Å². The second-order valence-electron chi connectivity index (χ2n) is 7.73. The van der Waals surface area contributed by atoms with Gasteiger partial charge in [0.15, 0.2) is 5.69 Å². The maximum atomic E-state index is 13.2. The zero-order valence-electron chi connectivity index (χ0n) is 17.8. The number of carbonyl (C=O) groups excluding carboxylic acids is 2. The summed E-state index contributed by atoms with van der Waals surface area (Å²) >= 11 is 1.75. The fraction of sp³-hybridized carbons (Fsp3) is 0.208. The number of rotatable bonds is 4. The number of para-hydroxylation sites is 1. The number of aromatic amines is 1. The predicted octanol–water partition coefficient (Wildman–Crippen LogP) is 4.39. The molecule has 0 radical (unpaired) electrons. The van der Waals surface area contributed by atoms with Crippen LogP contribution < -0.4 is 10.1 Å². The monoisotopic (exact) mass is 446 g/mol. The zero-order chi connectivity index (χ0) is 22.2. The third-order valence-electron chi connectivity index (χ3n) is 5.90. The van der Waals surface area contributed by atoms with Crippen molar-refractivity contribution in [3.05, 3.63) is 75.1 Å². The molecule has 0 unspecified atom stereocenters. The number of thiophene rings is 1. The van der Waals surface area contributed by atoms with Crippen LogP contribution >= 0.6 is 11.3 Å². The van der Waals surface area contributed by atoms with E-state index in [1.807, 2.05) is 30.0 Å². The van der Waals surface area contributed by atoms with Crippen molar-refractivity contribution in [2.45, 2.75) is 19.9 Å². The number of benzene rings is 2. The van der Waals surface area contributed by atoms with Gasteiger partial charge in [-0.15, -0.1) is 11.3 Å². The molecule has 3 heterocycles. The first-order valence-corrected chi connectivity index (χ1v) is 11.2. The van der Waals surface area contributed by atoms with E-state index in [4.69, 9.17) is 4.74 Å². The normalized spacial score (nSPS) is 13.1. The average Bonchev–Trinajstić information content (AvgIpc) is 3.46. The molecule has 7 nitrogen and oxygen atoms in total. The van der Waals surface area contributed by atoms with Gasteiger partial charge >= 0.3 is 0 Å². The van der Waals surface area contributed by atoms with Gasteiger partial charge in [0.2, 0.25) is 0 Å². The number of nitrogens with one attached hydrogen (secondary N) is 2. The quantitative estimate of drug-likeness (QED) is 0.487. The predicted molar refractivity (Wildman–Crippen MR) is 125 cm³/mol. The van der Waals surface area contributed by atoms with Crippen molar-refractivity contribution in [1.82, 2.24) is 15.1 Å². The topological polar surface area (TPSA) is 87.3 Å². The highest BCUT2D eigenvalue weighted by molar-refractivity contribution is 7.10. The summed E-state index contributed by atoms with van der Waals surface area (Å²) < 4.78 is 5.33. The van der Waals surface area contributed by atoms with E-state index in [1.54, 1.807) is 36.6 Å². The van der Waals surface area contributed by atoms with Gasteiger partial charge in [0.1, 0.15) is 11.3 Å². The minimum absolute atomic E-state index is 0.0228. The van der Waals surface area contributed by atoms with Gasteiger partial charge in [-0.05, 0) is 54.1 Å². The van der Waals surface area contributed by atoms with Crippen molar-refractivity contribution < 1.29 is 14.3 Å². The Morgan fingerprint density at radius 1 is 1.19 bits per heavy atom. The molecular formula is C24H22N4O3S. The van der Waals surface area contributed by atoms with E-state index in [1.165, 1.54) is 10.4 Å². The first kappa shape index (κ1) is 20.3. The summed E-state index contributed by atoms with van der Waals surface area (Å²) in [6.45, 7) is 3.17. The highest BCUT2D eigenvalue weighted by Crippen LogP contribution is 2.29. The van der Waals surface area contributed by atoms with Gasteiger partial charge in [0.05, 0.1) is 7.11 Å². The summed E-state index contributed by atoms with van der Waals surface area (Å²) in [4.78, 5) is 29.5. The third kappa shape index (κ3) is 3.42. The number of amides is 2. The Bertz CT molecular complexity index is 1340. The average molecular weight is 447 g/mol. The number of anilines is 1. The molecule has 5 rings (SSSR count). The highest BCUT2D eigenvalue weighted by atomic mass is 32.1. The number of H-pyrrole nitrogens is 1. The number of hydrogen-bond acceptors (Lipinski definition) is 5. The van der Waals surface area contributed by atoms with Crippen molar-refractivity contribution in [2.24, 2.45) is 0 Å². The molecule has 0 aliphatic carbocycles. The van der Waals surface area contributed by atoms with E-state index >= 15 is 0 Å². The van der Waals surface area contributed by atoms with Crippen molar-refractivity contribution >= 4 is 39.7 Å².